The van der Waals surface area contributed by atoms with Crippen molar-refractivity contribution in [1.82, 2.24) is 10.3 Å². The number of benzene rings is 1. The monoisotopic (exact) mass is 384 g/mol. The van der Waals surface area contributed by atoms with Gasteiger partial charge < -0.3 is 14.8 Å². The van der Waals surface area contributed by atoms with Gasteiger partial charge in [-0.15, -0.1) is 0 Å². The molecule has 1 N–H and O–H groups in total. The Balaban J connectivity index is 2.01. The summed E-state index contributed by atoms with van der Waals surface area (Å²) in [5.41, 5.74) is 1.53. The number of rotatable bonds is 13. The lowest BCUT2D eigenvalue weighted by molar-refractivity contribution is 0.0950. The van der Waals surface area contributed by atoms with Gasteiger partial charge >= 0.3 is 0 Å². The van der Waals surface area contributed by atoms with Crippen LogP contribution in [0.3, 0.4) is 0 Å². The van der Waals surface area contributed by atoms with Crippen LogP contribution in [0, 0.1) is 0 Å². The maximum atomic E-state index is 12.5. The second kappa shape index (κ2) is 12.8. The van der Waals surface area contributed by atoms with Crippen molar-refractivity contribution >= 4 is 5.91 Å². The minimum Gasteiger partial charge on any atom is -0.490 e. The summed E-state index contributed by atoms with van der Waals surface area (Å²) in [4.78, 5) is 16.6. The molecule has 0 unspecified atom stereocenters. The zero-order valence-corrected chi connectivity index (χ0v) is 17.1. The molecule has 0 bridgehead atoms. The second-order valence-electron chi connectivity index (χ2n) is 6.82. The first-order chi connectivity index (χ1) is 13.7. The number of nitrogens with one attached hydrogen (secondary N) is 1. The molecular formula is C23H32N2O3. The van der Waals surface area contributed by atoms with E-state index in [1.807, 2.05) is 18.2 Å². The quantitative estimate of drug-likeness (QED) is 0.485. The van der Waals surface area contributed by atoms with Crippen LogP contribution < -0.4 is 14.8 Å². The van der Waals surface area contributed by atoms with Gasteiger partial charge in [-0.1, -0.05) is 45.6 Å². The number of hydrogen-bond donors (Lipinski definition) is 1. The molecule has 2 aromatic rings. The van der Waals surface area contributed by atoms with Crippen LogP contribution in [0.25, 0.3) is 0 Å². The first-order valence-electron chi connectivity index (χ1n) is 10.3. The van der Waals surface area contributed by atoms with E-state index in [4.69, 9.17) is 9.47 Å². The highest BCUT2D eigenvalue weighted by Crippen LogP contribution is 2.29. The topological polar surface area (TPSA) is 60.5 Å². The number of unbranched alkanes of at least 4 members (excludes halogenated alkanes) is 4. The molecule has 152 valence electrons. The number of nitrogens with zero attached hydrogens (tertiary/aromatic N) is 1. The number of ether oxygens (including phenoxy) is 2. The summed E-state index contributed by atoms with van der Waals surface area (Å²) in [6.07, 6.45) is 10.0. The molecule has 0 saturated carbocycles. The average molecular weight is 385 g/mol. The molecule has 1 aromatic carbocycles. The Morgan fingerprint density at radius 3 is 2.32 bits per heavy atom. The average Bonchev–Trinajstić information content (AvgIpc) is 2.74. The van der Waals surface area contributed by atoms with Crippen molar-refractivity contribution in [2.75, 3.05) is 13.2 Å². The Kier molecular flexibility index (Phi) is 9.91. The van der Waals surface area contributed by atoms with Crippen LogP contribution in [-0.4, -0.2) is 24.1 Å². The molecule has 0 fully saturated rings. The van der Waals surface area contributed by atoms with Gasteiger partial charge in [0.15, 0.2) is 11.5 Å². The number of amides is 1. The van der Waals surface area contributed by atoms with E-state index >= 15 is 0 Å². The van der Waals surface area contributed by atoms with Crippen molar-refractivity contribution in [2.45, 2.75) is 58.9 Å². The molecule has 0 radical (unpaired) electrons. The van der Waals surface area contributed by atoms with Crippen LogP contribution in [-0.2, 0) is 6.54 Å². The van der Waals surface area contributed by atoms with Gasteiger partial charge in [0.1, 0.15) is 0 Å². The summed E-state index contributed by atoms with van der Waals surface area (Å²) in [6.45, 7) is 6.05. The number of carbonyl (C=O) groups excluding carboxylic acids is 1. The number of pyridine rings is 1. The van der Waals surface area contributed by atoms with Crippen molar-refractivity contribution in [3.8, 4) is 11.5 Å². The lowest BCUT2D eigenvalue weighted by atomic mass is 10.1. The molecule has 2 rings (SSSR count). The molecule has 0 aliphatic carbocycles. The van der Waals surface area contributed by atoms with Crippen LogP contribution >= 0.6 is 0 Å². The number of hydrogen-bond acceptors (Lipinski definition) is 4. The second-order valence-corrected chi connectivity index (χ2v) is 6.82. The number of carbonyl (C=O) groups is 1. The van der Waals surface area contributed by atoms with E-state index in [1.54, 1.807) is 24.5 Å². The van der Waals surface area contributed by atoms with Crippen molar-refractivity contribution in [2.24, 2.45) is 0 Å². The van der Waals surface area contributed by atoms with E-state index in [0.29, 0.717) is 36.8 Å². The Morgan fingerprint density at radius 2 is 1.68 bits per heavy atom. The summed E-state index contributed by atoms with van der Waals surface area (Å²) < 4.78 is 11.8. The molecule has 0 aliphatic heterocycles. The van der Waals surface area contributed by atoms with E-state index < -0.39 is 0 Å². The van der Waals surface area contributed by atoms with Gasteiger partial charge in [-0.2, -0.15) is 0 Å². The standard InChI is InChI=1S/C23H32N2O3/c1-3-5-7-14-27-21-12-11-20(16-22(21)28-15-8-6-4-2)23(26)25-18-19-10-9-13-24-17-19/h9-13,16-17H,3-8,14-15,18H2,1-2H3,(H,25,26). The SMILES string of the molecule is CCCCCOc1ccc(C(=O)NCc2cccnc2)cc1OCCCCC. The summed E-state index contributed by atoms with van der Waals surface area (Å²) in [6, 6.07) is 9.18. The van der Waals surface area contributed by atoms with Crippen LogP contribution in [0.5, 0.6) is 11.5 Å². The number of aromatic nitrogens is 1. The third-order valence-corrected chi connectivity index (χ3v) is 4.39. The van der Waals surface area contributed by atoms with Gasteiger partial charge in [0.05, 0.1) is 13.2 Å². The summed E-state index contributed by atoms with van der Waals surface area (Å²) in [7, 11) is 0. The van der Waals surface area contributed by atoms with Gasteiger partial charge in [-0.05, 0) is 42.7 Å². The molecule has 1 amide bonds. The minimum atomic E-state index is -0.139. The normalized spacial score (nSPS) is 10.5. The fraction of sp³-hybridized carbons (Fsp3) is 0.478. The lowest BCUT2D eigenvalue weighted by Crippen LogP contribution is -2.22. The van der Waals surface area contributed by atoms with E-state index in [9.17, 15) is 4.79 Å². The molecule has 5 nitrogen and oxygen atoms in total. The first-order valence-corrected chi connectivity index (χ1v) is 10.3. The highest BCUT2D eigenvalue weighted by atomic mass is 16.5. The van der Waals surface area contributed by atoms with Crippen LogP contribution in [0.1, 0.15) is 68.3 Å². The van der Waals surface area contributed by atoms with E-state index in [-0.39, 0.29) is 5.91 Å². The Hall–Kier alpha value is -2.56. The molecule has 5 heteroatoms. The van der Waals surface area contributed by atoms with Gasteiger partial charge in [0, 0.05) is 24.5 Å². The van der Waals surface area contributed by atoms with Gasteiger partial charge in [-0.25, -0.2) is 0 Å². The predicted molar refractivity (Wildman–Crippen MR) is 112 cm³/mol. The molecule has 0 saturated heterocycles. The van der Waals surface area contributed by atoms with Crippen LogP contribution in [0.4, 0.5) is 0 Å². The van der Waals surface area contributed by atoms with Crippen LogP contribution in [0.2, 0.25) is 0 Å². The van der Waals surface area contributed by atoms with Gasteiger partial charge in [-0.3, -0.25) is 9.78 Å². The molecular weight excluding hydrogens is 352 g/mol. The Bertz CT molecular complexity index is 704. The maximum Gasteiger partial charge on any atom is 0.251 e. The predicted octanol–water partition coefficient (Wildman–Crippen LogP) is 5.15. The summed E-state index contributed by atoms with van der Waals surface area (Å²) >= 11 is 0. The third kappa shape index (κ3) is 7.59. The largest absolute Gasteiger partial charge is 0.490 e. The van der Waals surface area contributed by atoms with Gasteiger partial charge in [0.2, 0.25) is 0 Å². The first kappa shape index (κ1) is 21.7. The van der Waals surface area contributed by atoms with Crippen molar-refractivity contribution < 1.29 is 14.3 Å². The fourth-order valence-corrected chi connectivity index (χ4v) is 2.74. The van der Waals surface area contributed by atoms with Crippen molar-refractivity contribution in [1.29, 1.82) is 0 Å². The lowest BCUT2D eigenvalue weighted by Gasteiger charge is -2.14. The third-order valence-electron chi connectivity index (χ3n) is 4.39. The molecule has 1 heterocycles. The van der Waals surface area contributed by atoms with Crippen molar-refractivity contribution in [3.63, 3.8) is 0 Å². The summed E-state index contributed by atoms with van der Waals surface area (Å²) in [5.74, 6) is 1.21. The molecule has 1 aromatic heterocycles. The van der Waals surface area contributed by atoms with Crippen molar-refractivity contribution in [3.05, 3.63) is 53.9 Å². The molecule has 0 aliphatic rings. The van der Waals surface area contributed by atoms with E-state index in [1.165, 1.54) is 0 Å². The Morgan fingerprint density at radius 1 is 0.964 bits per heavy atom. The molecule has 0 spiro atoms. The highest BCUT2D eigenvalue weighted by Gasteiger charge is 2.12. The van der Waals surface area contributed by atoms with E-state index in [0.717, 1.165) is 44.1 Å². The Labute approximate surface area is 168 Å². The zero-order chi connectivity index (χ0) is 20.0. The minimum absolute atomic E-state index is 0.139. The zero-order valence-electron chi connectivity index (χ0n) is 17.1. The van der Waals surface area contributed by atoms with Crippen LogP contribution in [0.15, 0.2) is 42.7 Å². The fourth-order valence-electron chi connectivity index (χ4n) is 2.74. The highest BCUT2D eigenvalue weighted by molar-refractivity contribution is 5.94. The smallest absolute Gasteiger partial charge is 0.251 e. The molecule has 0 atom stereocenters. The van der Waals surface area contributed by atoms with Gasteiger partial charge in [0.25, 0.3) is 5.91 Å². The van der Waals surface area contributed by atoms with E-state index in [2.05, 4.69) is 24.1 Å². The maximum absolute atomic E-state index is 12.5. The summed E-state index contributed by atoms with van der Waals surface area (Å²) in [5, 5.41) is 2.92. The molecule has 28 heavy (non-hydrogen) atoms.